The molecule has 1 saturated heterocycles. The highest BCUT2D eigenvalue weighted by molar-refractivity contribution is 7.90. The van der Waals surface area contributed by atoms with Crippen LogP contribution in [0.3, 0.4) is 0 Å². The summed E-state index contributed by atoms with van der Waals surface area (Å²) < 4.78 is 25.8. The Labute approximate surface area is 197 Å². The average Bonchev–Trinajstić information content (AvgIpc) is 2.78. The van der Waals surface area contributed by atoms with Gasteiger partial charge in [-0.1, -0.05) is 6.07 Å². The zero-order chi connectivity index (χ0) is 24.6. The van der Waals surface area contributed by atoms with E-state index in [2.05, 4.69) is 30.4 Å². The molecule has 13 heteroatoms. The van der Waals surface area contributed by atoms with Gasteiger partial charge in [0, 0.05) is 49.2 Å². The van der Waals surface area contributed by atoms with Crippen molar-refractivity contribution in [2.45, 2.75) is 10.9 Å². The lowest BCUT2D eigenvalue weighted by atomic mass is 9.94. The summed E-state index contributed by atoms with van der Waals surface area (Å²) in [6.45, 7) is 3.27. The highest BCUT2D eigenvalue weighted by Crippen LogP contribution is 2.43. The molecule has 1 aromatic carbocycles. The van der Waals surface area contributed by atoms with Crippen molar-refractivity contribution in [1.82, 2.24) is 15.2 Å². The molecule has 1 atom stereocenters. The normalized spacial score (nSPS) is 18.2. The maximum atomic E-state index is 12.9. The SMILES string of the molecule is CN1CCN(c2ccc(C3N=C(NC#N)Nc4nc(N)c(C#N)c(N)c43)c(S(C)(=O)=O)c2)CC1. The zero-order valence-electron chi connectivity index (χ0n) is 18.7. The second kappa shape index (κ2) is 8.70. The lowest BCUT2D eigenvalue weighted by Gasteiger charge is -2.34. The van der Waals surface area contributed by atoms with E-state index in [4.69, 9.17) is 16.7 Å². The quantitative estimate of drug-likeness (QED) is 0.347. The Bertz CT molecular complexity index is 1370. The molecule has 1 aromatic heterocycles. The van der Waals surface area contributed by atoms with Crippen LogP contribution in [0.25, 0.3) is 0 Å². The first-order valence-corrected chi connectivity index (χ1v) is 12.3. The van der Waals surface area contributed by atoms with E-state index in [0.717, 1.165) is 38.1 Å². The van der Waals surface area contributed by atoms with E-state index in [1.165, 1.54) is 0 Å². The van der Waals surface area contributed by atoms with Gasteiger partial charge in [-0.3, -0.25) is 5.32 Å². The summed E-state index contributed by atoms with van der Waals surface area (Å²) in [5.41, 5.74) is 13.6. The summed E-state index contributed by atoms with van der Waals surface area (Å²) in [5, 5.41) is 23.9. The van der Waals surface area contributed by atoms with Gasteiger partial charge in [0.05, 0.1) is 10.6 Å². The average molecular weight is 481 g/mol. The van der Waals surface area contributed by atoms with E-state index < -0.39 is 15.9 Å². The number of piperazine rings is 1. The lowest BCUT2D eigenvalue weighted by molar-refractivity contribution is 0.313. The molecule has 0 radical (unpaired) electrons. The predicted molar refractivity (Wildman–Crippen MR) is 129 cm³/mol. The van der Waals surface area contributed by atoms with Crippen LogP contribution in [0.2, 0.25) is 0 Å². The third-order valence-electron chi connectivity index (χ3n) is 5.92. The van der Waals surface area contributed by atoms with E-state index in [9.17, 15) is 13.7 Å². The number of pyridine rings is 1. The van der Waals surface area contributed by atoms with Crippen molar-refractivity contribution in [3.05, 3.63) is 34.9 Å². The minimum absolute atomic E-state index is 0.0209. The van der Waals surface area contributed by atoms with Crippen molar-refractivity contribution >= 4 is 38.8 Å². The minimum atomic E-state index is -3.69. The predicted octanol–water partition coefficient (Wildman–Crippen LogP) is 0.215. The van der Waals surface area contributed by atoms with Gasteiger partial charge in [-0.15, -0.1) is 0 Å². The fourth-order valence-corrected chi connectivity index (χ4v) is 5.08. The Kier molecular flexibility index (Phi) is 5.91. The molecule has 176 valence electrons. The number of nitrogens with two attached hydrogens (primary N) is 2. The highest BCUT2D eigenvalue weighted by atomic mass is 32.2. The molecule has 0 amide bonds. The Hall–Kier alpha value is -4.07. The Balaban J connectivity index is 1.91. The van der Waals surface area contributed by atoms with Crippen LogP contribution in [-0.4, -0.2) is 63.7 Å². The van der Waals surface area contributed by atoms with E-state index in [1.54, 1.807) is 18.3 Å². The standard InChI is InChI=1S/C21H24N10O2S/c1-30-5-7-31(8-6-30)12-3-4-13(15(9-12)34(2,32)33)18-16-17(24)14(10-22)19(25)28-20(16)29-21(27-18)26-11-23/h3-4,9,18H,5-8H2,1-2H3,(H6,24,25,26,27,28,29). The summed E-state index contributed by atoms with van der Waals surface area (Å²) in [5.74, 6) is 0.157. The fourth-order valence-electron chi connectivity index (χ4n) is 4.14. The van der Waals surface area contributed by atoms with Gasteiger partial charge in [0.2, 0.25) is 5.96 Å². The lowest BCUT2D eigenvalue weighted by Crippen LogP contribution is -2.44. The van der Waals surface area contributed by atoms with Gasteiger partial charge in [0.15, 0.2) is 16.0 Å². The number of sulfone groups is 1. The van der Waals surface area contributed by atoms with Crippen molar-refractivity contribution in [3.63, 3.8) is 0 Å². The number of rotatable bonds is 3. The van der Waals surface area contributed by atoms with Crippen LogP contribution in [0.15, 0.2) is 28.1 Å². The Morgan fingerprint density at radius 3 is 2.53 bits per heavy atom. The molecule has 1 fully saturated rings. The molecule has 0 bridgehead atoms. The first-order valence-electron chi connectivity index (χ1n) is 10.4. The van der Waals surface area contributed by atoms with E-state index >= 15 is 0 Å². The summed E-state index contributed by atoms with van der Waals surface area (Å²) in [6.07, 6.45) is 2.91. The summed E-state index contributed by atoms with van der Waals surface area (Å²) in [4.78, 5) is 13.1. The molecule has 12 nitrogen and oxygen atoms in total. The van der Waals surface area contributed by atoms with Gasteiger partial charge in [-0.2, -0.15) is 10.5 Å². The van der Waals surface area contributed by atoms with Crippen LogP contribution in [0, 0.1) is 22.8 Å². The van der Waals surface area contributed by atoms with Crippen molar-refractivity contribution in [3.8, 4) is 12.3 Å². The summed E-state index contributed by atoms with van der Waals surface area (Å²) in [6, 6.07) is 6.16. The molecular formula is C21H24N10O2S. The number of nitrogens with one attached hydrogen (secondary N) is 2. The number of anilines is 4. The molecular weight excluding hydrogens is 456 g/mol. The molecule has 0 saturated carbocycles. The molecule has 2 aliphatic heterocycles. The molecule has 2 aromatic rings. The number of aliphatic imine (C=N–C) groups is 1. The minimum Gasteiger partial charge on any atom is -0.397 e. The maximum absolute atomic E-state index is 12.9. The highest BCUT2D eigenvalue weighted by Gasteiger charge is 2.33. The molecule has 34 heavy (non-hydrogen) atoms. The van der Waals surface area contributed by atoms with E-state index in [-0.39, 0.29) is 33.7 Å². The molecule has 1 unspecified atom stereocenters. The van der Waals surface area contributed by atoms with Gasteiger partial charge in [-0.25, -0.2) is 18.4 Å². The topological polar surface area (TPSA) is 190 Å². The third-order valence-corrected chi connectivity index (χ3v) is 7.07. The van der Waals surface area contributed by atoms with Crippen molar-refractivity contribution in [1.29, 1.82) is 10.5 Å². The van der Waals surface area contributed by atoms with Crippen LogP contribution in [-0.2, 0) is 9.84 Å². The van der Waals surface area contributed by atoms with Gasteiger partial charge < -0.3 is 26.6 Å². The molecule has 3 heterocycles. The number of benzene rings is 1. The van der Waals surface area contributed by atoms with Crippen LogP contribution < -0.4 is 27.0 Å². The number of aromatic nitrogens is 1. The molecule has 2 aliphatic rings. The monoisotopic (exact) mass is 480 g/mol. The maximum Gasteiger partial charge on any atom is 0.211 e. The molecule has 0 spiro atoms. The number of nitriles is 2. The second-order valence-corrected chi connectivity index (χ2v) is 10.2. The van der Waals surface area contributed by atoms with Crippen LogP contribution in [0.5, 0.6) is 0 Å². The van der Waals surface area contributed by atoms with Crippen molar-refractivity contribution in [2.24, 2.45) is 4.99 Å². The molecule has 6 N–H and O–H groups in total. The second-order valence-electron chi connectivity index (χ2n) is 8.19. The van der Waals surface area contributed by atoms with Crippen molar-refractivity contribution in [2.75, 3.05) is 61.2 Å². The molecule has 0 aliphatic carbocycles. The van der Waals surface area contributed by atoms with Crippen LogP contribution in [0.4, 0.5) is 23.0 Å². The third kappa shape index (κ3) is 4.14. The smallest absolute Gasteiger partial charge is 0.211 e. The summed E-state index contributed by atoms with van der Waals surface area (Å²) in [7, 11) is -1.64. The van der Waals surface area contributed by atoms with Crippen LogP contribution >= 0.6 is 0 Å². The molecule has 4 rings (SSSR count). The van der Waals surface area contributed by atoms with Gasteiger partial charge in [0.25, 0.3) is 0 Å². The Morgan fingerprint density at radius 2 is 1.91 bits per heavy atom. The van der Waals surface area contributed by atoms with Gasteiger partial charge in [0.1, 0.15) is 29.3 Å². The fraction of sp³-hybridized carbons (Fsp3) is 0.333. The van der Waals surface area contributed by atoms with Gasteiger partial charge in [-0.05, 0) is 19.2 Å². The van der Waals surface area contributed by atoms with Crippen LogP contribution in [0.1, 0.15) is 22.7 Å². The number of guanidine groups is 1. The number of fused-ring (bicyclic) bond motifs is 1. The van der Waals surface area contributed by atoms with Crippen molar-refractivity contribution < 1.29 is 8.42 Å². The largest absolute Gasteiger partial charge is 0.397 e. The van der Waals surface area contributed by atoms with Gasteiger partial charge >= 0.3 is 0 Å². The van der Waals surface area contributed by atoms with E-state index in [1.807, 2.05) is 19.2 Å². The number of likely N-dealkylation sites (N-methyl/N-ethyl adjacent to an activating group) is 1. The summed E-state index contributed by atoms with van der Waals surface area (Å²) >= 11 is 0. The number of nitrogen functional groups attached to an aromatic ring is 2. The first kappa shape index (κ1) is 23.1. The number of nitrogens with zero attached hydrogens (tertiary/aromatic N) is 6. The Morgan fingerprint density at radius 1 is 1.21 bits per heavy atom. The zero-order valence-corrected chi connectivity index (χ0v) is 19.5. The number of hydrogen-bond donors (Lipinski definition) is 4. The van der Waals surface area contributed by atoms with E-state index in [0.29, 0.717) is 11.1 Å². The first-order chi connectivity index (χ1) is 16.1. The number of hydrogen-bond acceptors (Lipinski definition) is 12.